The first-order valence-electron chi connectivity index (χ1n) is 6.29. The average molecular weight is 221 g/mol. The molecule has 3 heteroatoms. The summed E-state index contributed by atoms with van der Waals surface area (Å²) >= 11 is 0. The molecule has 3 nitrogen and oxygen atoms in total. The van der Waals surface area contributed by atoms with Crippen molar-refractivity contribution in [3.8, 4) is 0 Å². The molecule has 0 bridgehead atoms. The zero-order valence-electron chi connectivity index (χ0n) is 10.9. The van der Waals surface area contributed by atoms with E-state index in [2.05, 4.69) is 48.4 Å². The molecule has 2 rings (SSSR count). The SMILES string of the molecule is CCC1(C)CN(C(C)C)Cc2ccnn2C1. The van der Waals surface area contributed by atoms with Crippen LogP contribution >= 0.6 is 0 Å². The van der Waals surface area contributed by atoms with E-state index in [1.165, 1.54) is 18.7 Å². The van der Waals surface area contributed by atoms with Crippen molar-refractivity contribution >= 4 is 0 Å². The predicted octanol–water partition coefficient (Wildman–Crippen LogP) is 2.52. The standard InChI is InChI=1S/C13H23N3/c1-5-13(4)9-15(11(2)3)8-12-6-7-14-16(12)10-13/h6-7,11H,5,8-10H2,1-4H3. The van der Waals surface area contributed by atoms with Crippen LogP contribution in [0.5, 0.6) is 0 Å². The van der Waals surface area contributed by atoms with Crippen LogP contribution < -0.4 is 0 Å². The van der Waals surface area contributed by atoms with Crippen molar-refractivity contribution in [2.24, 2.45) is 5.41 Å². The van der Waals surface area contributed by atoms with E-state index >= 15 is 0 Å². The van der Waals surface area contributed by atoms with Crippen LogP contribution in [0.4, 0.5) is 0 Å². The third-order valence-corrected chi connectivity index (χ3v) is 3.87. The lowest BCUT2D eigenvalue weighted by Gasteiger charge is -2.33. The summed E-state index contributed by atoms with van der Waals surface area (Å²) in [5.74, 6) is 0. The molecule has 0 aliphatic carbocycles. The highest BCUT2D eigenvalue weighted by Gasteiger charge is 2.31. The Morgan fingerprint density at radius 2 is 2.19 bits per heavy atom. The van der Waals surface area contributed by atoms with Crippen LogP contribution in [-0.2, 0) is 13.1 Å². The molecule has 1 unspecified atom stereocenters. The van der Waals surface area contributed by atoms with Gasteiger partial charge >= 0.3 is 0 Å². The van der Waals surface area contributed by atoms with Gasteiger partial charge in [0.25, 0.3) is 0 Å². The van der Waals surface area contributed by atoms with Gasteiger partial charge in [0.15, 0.2) is 0 Å². The molecule has 2 heterocycles. The summed E-state index contributed by atoms with van der Waals surface area (Å²) < 4.78 is 2.19. The van der Waals surface area contributed by atoms with Crippen molar-refractivity contribution in [2.45, 2.75) is 53.2 Å². The van der Waals surface area contributed by atoms with Crippen molar-refractivity contribution in [2.75, 3.05) is 6.54 Å². The van der Waals surface area contributed by atoms with Crippen molar-refractivity contribution < 1.29 is 0 Å². The molecular weight excluding hydrogens is 198 g/mol. The molecule has 0 fully saturated rings. The normalized spacial score (nSPS) is 26.8. The quantitative estimate of drug-likeness (QED) is 0.765. The second kappa shape index (κ2) is 4.21. The van der Waals surface area contributed by atoms with Gasteiger partial charge in [-0.05, 0) is 31.7 Å². The Morgan fingerprint density at radius 3 is 2.81 bits per heavy atom. The number of aromatic nitrogens is 2. The molecule has 0 aromatic carbocycles. The largest absolute Gasteiger partial charge is 0.295 e. The Morgan fingerprint density at radius 1 is 1.44 bits per heavy atom. The van der Waals surface area contributed by atoms with Gasteiger partial charge in [0.2, 0.25) is 0 Å². The molecule has 0 N–H and O–H groups in total. The number of fused-ring (bicyclic) bond motifs is 1. The molecule has 1 atom stereocenters. The van der Waals surface area contributed by atoms with Crippen LogP contribution in [0.1, 0.15) is 39.8 Å². The highest BCUT2D eigenvalue weighted by Crippen LogP contribution is 2.30. The fourth-order valence-electron chi connectivity index (χ4n) is 2.39. The Labute approximate surface area is 98.4 Å². The molecule has 1 aromatic heterocycles. The van der Waals surface area contributed by atoms with E-state index in [-0.39, 0.29) is 0 Å². The van der Waals surface area contributed by atoms with E-state index < -0.39 is 0 Å². The summed E-state index contributed by atoms with van der Waals surface area (Å²) in [6.45, 7) is 12.5. The van der Waals surface area contributed by atoms with Gasteiger partial charge in [0, 0.05) is 31.9 Å². The molecule has 90 valence electrons. The molecule has 16 heavy (non-hydrogen) atoms. The first-order chi connectivity index (χ1) is 7.54. The average Bonchev–Trinajstić information content (AvgIpc) is 2.59. The Bertz CT molecular complexity index is 356. The van der Waals surface area contributed by atoms with Gasteiger partial charge in [0.05, 0.1) is 5.69 Å². The second-order valence-electron chi connectivity index (χ2n) is 5.64. The van der Waals surface area contributed by atoms with E-state index in [0.717, 1.165) is 13.1 Å². The fraction of sp³-hybridized carbons (Fsp3) is 0.769. The summed E-state index contributed by atoms with van der Waals surface area (Å²) in [6, 6.07) is 2.75. The van der Waals surface area contributed by atoms with Crippen molar-refractivity contribution in [1.82, 2.24) is 14.7 Å². The molecule has 1 aliphatic heterocycles. The Hall–Kier alpha value is -0.830. The second-order valence-corrected chi connectivity index (χ2v) is 5.64. The van der Waals surface area contributed by atoms with Gasteiger partial charge in [-0.25, -0.2) is 0 Å². The van der Waals surface area contributed by atoms with E-state index in [1.807, 2.05) is 6.20 Å². The summed E-state index contributed by atoms with van der Waals surface area (Å²) in [6.07, 6.45) is 3.13. The van der Waals surface area contributed by atoms with E-state index in [4.69, 9.17) is 0 Å². The van der Waals surface area contributed by atoms with Crippen LogP contribution in [0, 0.1) is 5.41 Å². The topological polar surface area (TPSA) is 21.1 Å². The highest BCUT2D eigenvalue weighted by molar-refractivity contribution is 5.04. The number of hydrogen-bond donors (Lipinski definition) is 0. The van der Waals surface area contributed by atoms with E-state index in [9.17, 15) is 0 Å². The minimum atomic E-state index is 0.349. The van der Waals surface area contributed by atoms with Gasteiger partial charge in [-0.2, -0.15) is 5.10 Å². The summed E-state index contributed by atoms with van der Waals surface area (Å²) in [7, 11) is 0. The van der Waals surface area contributed by atoms with Crippen LogP contribution in [0.2, 0.25) is 0 Å². The van der Waals surface area contributed by atoms with Crippen molar-refractivity contribution in [1.29, 1.82) is 0 Å². The van der Waals surface area contributed by atoms with Gasteiger partial charge in [0.1, 0.15) is 0 Å². The molecule has 0 spiro atoms. The van der Waals surface area contributed by atoms with Gasteiger partial charge in [-0.3, -0.25) is 9.58 Å². The lowest BCUT2D eigenvalue weighted by Crippen LogP contribution is -2.38. The van der Waals surface area contributed by atoms with Crippen LogP contribution in [0.25, 0.3) is 0 Å². The summed E-state index contributed by atoms with van der Waals surface area (Å²) in [5, 5.41) is 4.44. The first-order valence-corrected chi connectivity index (χ1v) is 6.29. The maximum atomic E-state index is 4.44. The smallest absolute Gasteiger partial charge is 0.0524 e. The molecular formula is C13H23N3. The van der Waals surface area contributed by atoms with Crippen LogP contribution in [-0.4, -0.2) is 27.3 Å². The minimum Gasteiger partial charge on any atom is -0.295 e. The zero-order chi connectivity index (χ0) is 11.8. The monoisotopic (exact) mass is 221 g/mol. The lowest BCUT2D eigenvalue weighted by atomic mass is 9.87. The minimum absolute atomic E-state index is 0.349. The molecule has 0 saturated carbocycles. The summed E-state index contributed by atoms with van der Waals surface area (Å²) in [5.41, 5.74) is 1.70. The first kappa shape index (κ1) is 11.6. The number of nitrogens with zero attached hydrogens (tertiary/aromatic N) is 3. The van der Waals surface area contributed by atoms with Crippen LogP contribution in [0.3, 0.4) is 0 Å². The maximum absolute atomic E-state index is 4.44. The van der Waals surface area contributed by atoms with Crippen LogP contribution in [0.15, 0.2) is 12.3 Å². The predicted molar refractivity (Wildman–Crippen MR) is 66.2 cm³/mol. The summed E-state index contributed by atoms with van der Waals surface area (Å²) in [4.78, 5) is 2.56. The third-order valence-electron chi connectivity index (χ3n) is 3.87. The molecule has 0 amide bonds. The third kappa shape index (κ3) is 2.14. The fourth-order valence-corrected chi connectivity index (χ4v) is 2.39. The van der Waals surface area contributed by atoms with Gasteiger partial charge < -0.3 is 0 Å². The molecule has 0 saturated heterocycles. The molecule has 0 radical (unpaired) electrons. The lowest BCUT2D eigenvalue weighted by molar-refractivity contribution is 0.124. The molecule has 1 aliphatic rings. The van der Waals surface area contributed by atoms with Crippen molar-refractivity contribution in [3.63, 3.8) is 0 Å². The van der Waals surface area contributed by atoms with Crippen molar-refractivity contribution in [3.05, 3.63) is 18.0 Å². The van der Waals surface area contributed by atoms with E-state index in [1.54, 1.807) is 0 Å². The Kier molecular flexibility index (Phi) is 3.06. The number of rotatable bonds is 2. The highest BCUT2D eigenvalue weighted by atomic mass is 15.3. The number of hydrogen-bond acceptors (Lipinski definition) is 2. The van der Waals surface area contributed by atoms with Gasteiger partial charge in [-0.15, -0.1) is 0 Å². The maximum Gasteiger partial charge on any atom is 0.0524 e. The molecule has 1 aromatic rings. The zero-order valence-corrected chi connectivity index (χ0v) is 10.9. The van der Waals surface area contributed by atoms with Gasteiger partial charge in [-0.1, -0.05) is 13.8 Å². The Balaban J connectivity index is 2.31. The van der Waals surface area contributed by atoms with E-state index in [0.29, 0.717) is 11.5 Å².